The number of phosphoric ester groups is 1. The highest BCUT2D eigenvalue weighted by atomic mass is 31.2. The van der Waals surface area contributed by atoms with E-state index in [0.29, 0.717) is 23.9 Å². The lowest BCUT2D eigenvalue weighted by Gasteiger charge is -2.24. The van der Waals surface area contributed by atoms with Crippen molar-refractivity contribution >= 4 is 19.8 Å². The Bertz CT molecular complexity index is 1170. The minimum atomic E-state index is -4.38. The highest BCUT2D eigenvalue weighted by molar-refractivity contribution is 7.47. The summed E-state index contributed by atoms with van der Waals surface area (Å²) in [5.74, 6) is -0.835. The van der Waals surface area contributed by atoms with Gasteiger partial charge in [-0.2, -0.15) is 0 Å². The average Bonchev–Trinajstić information content (AvgIpc) is 3.17. The number of esters is 2. The van der Waals surface area contributed by atoms with Crippen LogP contribution in [0.4, 0.5) is 0 Å². The fourth-order valence-corrected chi connectivity index (χ4v) is 6.72. The monoisotopic (exact) mass is 837 g/mol. The Balaban J connectivity index is 4.39. The first-order valence-electron chi connectivity index (χ1n) is 23.0. The molecule has 0 aromatic heterocycles. The maximum atomic E-state index is 12.7. The molecule has 0 aliphatic rings. The van der Waals surface area contributed by atoms with Crippen LogP contribution >= 0.6 is 7.82 Å². The number of hydrogen-bond donors (Lipinski definition) is 1. The Labute approximate surface area is 356 Å². The third-order valence-electron chi connectivity index (χ3n) is 9.56. The lowest BCUT2D eigenvalue weighted by atomic mass is 10.0. The van der Waals surface area contributed by atoms with Crippen LogP contribution in [0.25, 0.3) is 0 Å². The first-order valence-corrected chi connectivity index (χ1v) is 24.5. The third kappa shape index (κ3) is 43.3. The van der Waals surface area contributed by atoms with Gasteiger partial charge in [-0.15, -0.1) is 0 Å². The molecule has 10 heteroatoms. The second-order valence-corrected chi connectivity index (χ2v) is 17.9. The van der Waals surface area contributed by atoms with Gasteiger partial charge in [0.1, 0.15) is 19.8 Å². The van der Waals surface area contributed by atoms with E-state index in [4.69, 9.17) is 18.5 Å². The van der Waals surface area contributed by atoms with Gasteiger partial charge < -0.3 is 18.9 Å². The normalized spacial score (nSPS) is 14.1. The van der Waals surface area contributed by atoms with Gasteiger partial charge in [0.15, 0.2) is 6.10 Å². The molecule has 0 aromatic rings. The van der Waals surface area contributed by atoms with Crippen LogP contribution in [-0.2, 0) is 32.7 Å². The number of unbranched alkanes of at least 4 members (excludes halogenated alkanes) is 17. The summed E-state index contributed by atoms with van der Waals surface area (Å²) in [5.41, 5.74) is 0. The highest BCUT2D eigenvalue weighted by Crippen LogP contribution is 2.43. The lowest BCUT2D eigenvalue weighted by Crippen LogP contribution is -2.37. The summed E-state index contributed by atoms with van der Waals surface area (Å²) in [6.45, 7) is 4.27. The highest BCUT2D eigenvalue weighted by Gasteiger charge is 2.27. The molecule has 0 heterocycles. The van der Waals surface area contributed by atoms with Crippen LogP contribution < -0.4 is 0 Å². The van der Waals surface area contributed by atoms with Gasteiger partial charge in [0, 0.05) is 12.8 Å². The van der Waals surface area contributed by atoms with E-state index < -0.39 is 32.5 Å². The van der Waals surface area contributed by atoms with E-state index in [0.717, 1.165) is 64.2 Å². The summed E-state index contributed by atoms with van der Waals surface area (Å²) in [6.07, 6.45) is 48.4. The number of nitrogens with zero attached hydrogens (tertiary/aromatic N) is 1. The molecule has 0 aromatic carbocycles. The van der Waals surface area contributed by atoms with Crippen molar-refractivity contribution in [1.82, 2.24) is 0 Å². The quantitative estimate of drug-likeness (QED) is 0.0213. The van der Waals surface area contributed by atoms with Crippen LogP contribution in [0.5, 0.6) is 0 Å². The molecule has 1 N–H and O–H groups in total. The Hall–Kier alpha value is -2.29. The van der Waals surface area contributed by atoms with E-state index in [1.54, 1.807) is 0 Å². The van der Waals surface area contributed by atoms with Gasteiger partial charge in [-0.05, 0) is 57.8 Å². The van der Waals surface area contributed by atoms with E-state index in [9.17, 15) is 19.0 Å². The molecule has 0 bridgehead atoms. The summed E-state index contributed by atoms with van der Waals surface area (Å²) in [7, 11) is 1.45. The predicted octanol–water partition coefficient (Wildman–Crippen LogP) is 13.2. The minimum absolute atomic E-state index is 0.0248. The molecular formula is C48H87NO8P+. The van der Waals surface area contributed by atoms with Crippen molar-refractivity contribution in [3.05, 3.63) is 60.8 Å². The van der Waals surface area contributed by atoms with Gasteiger partial charge in [0.05, 0.1) is 27.7 Å². The molecule has 9 nitrogen and oxygen atoms in total. The van der Waals surface area contributed by atoms with E-state index in [1.165, 1.54) is 77.0 Å². The van der Waals surface area contributed by atoms with E-state index in [-0.39, 0.29) is 26.1 Å². The Morgan fingerprint density at radius 3 is 1.47 bits per heavy atom. The van der Waals surface area contributed by atoms with Crippen molar-refractivity contribution in [2.24, 2.45) is 0 Å². The van der Waals surface area contributed by atoms with Crippen molar-refractivity contribution in [2.45, 2.75) is 187 Å². The fraction of sp³-hybridized carbons (Fsp3) is 0.750. The number of carbonyl (C=O) groups excluding carboxylic acids is 2. The standard InChI is InChI=1S/C48H86NO8P/c1-6-8-10-12-14-16-18-20-22-23-24-25-27-28-30-32-34-36-38-40-47(50)54-44-46(45-56-58(52,53)55-43-42-49(3,4)5)57-48(51)41-39-37-35-33-31-29-26-21-19-17-15-13-11-9-7-2/h8,10,14,16,20,22,24-25,28,30,46H,6-7,9,11-13,15,17-19,21,23,26-27,29,31-45H2,1-5H3/p+1/b10-8-,16-14-,22-20-,25-24-,30-28-/t46-/m1/s1. The Kier molecular flexibility index (Phi) is 38.5. The number of phosphoric acid groups is 1. The maximum Gasteiger partial charge on any atom is 0.472 e. The molecule has 0 fully saturated rings. The molecule has 0 radical (unpaired) electrons. The van der Waals surface area contributed by atoms with Gasteiger partial charge in [-0.3, -0.25) is 18.6 Å². The molecule has 2 atom stereocenters. The first-order chi connectivity index (χ1) is 28.0. The van der Waals surface area contributed by atoms with Crippen molar-refractivity contribution in [1.29, 1.82) is 0 Å². The summed E-state index contributed by atoms with van der Waals surface area (Å²) < 4.78 is 34.3. The zero-order chi connectivity index (χ0) is 42.8. The topological polar surface area (TPSA) is 108 Å². The molecule has 0 amide bonds. The number of ether oxygens (including phenoxy) is 2. The third-order valence-corrected chi connectivity index (χ3v) is 10.5. The van der Waals surface area contributed by atoms with Gasteiger partial charge >= 0.3 is 19.8 Å². The number of rotatable bonds is 41. The van der Waals surface area contributed by atoms with Crippen LogP contribution in [0.2, 0.25) is 0 Å². The summed E-state index contributed by atoms with van der Waals surface area (Å²) in [5, 5.41) is 0. The molecule has 0 aliphatic heterocycles. The van der Waals surface area contributed by atoms with E-state index >= 15 is 0 Å². The fourth-order valence-electron chi connectivity index (χ4n) is 5.98. The van der Waals surface area contributed by atoms with Gasteiger partial charge in [-0.25, -0.2) is 4.57 Å². The minimum Gasteiger partial charge on any atom is -0.462 e. The zero-order valence-corrected chi connectivity index (χ0v) is 38.7. The second-order valence-electron chi connectivity index (χ2n) is 16.4. The molecule has 58 heavy (non-hydrogen) atoms. The SMILES string of the molecule is CC/C=C\C/C=C\C/C=C\C/C=C\C/C=C\CCCCCC(=O)OC[C@H](COP(=O)(O)OCC[N+](C)(C)C)OC(=O)CCCCCCCCCCCCCCCCC. The van der Waals surface area contributed by atoms with Crippen molar-refractivity contribution in [3.8, 4) is 0 Å². The van der Waals surface area contributed by atoms with Crippen molar-refractivity contribution < 1.29 is 42.1 Å². The molecular weight excluding hydrogens is 750 g/mol. The molecule has 336 valence electrons. The smallest absolute Gasteiger partial charge is 0.462 e. The number of hydrogen-bond acceptors (Lipinski definition) is 7. The van der Waals surface area contributed by atoms with E-state index in [1.807, 2.05) is 21.1 Å². The Morgan fingerprint density at radius 1 is 0.552 bits per heavy atom. The van der Waals surface area contributed by atoms with Crippen LogP contribution in [0.1, 0.15) is 181 Å². The maximum absolute atomic E-state index is 12.7. The lowest BCUT2D eigenvalue weighted by molar-refractivity contribution is -0.870. The molecule has 0 rings (SSSR count). The largest absolute Gasteiger partial charge is 0.472 e. The number of carbonyl (C=O) groups is 2. The Morgan fingerprint density at radius 2 is 0.983 bits per heavy atom. The van der Waals surface area contributed by atoms with E-state index in [2.05, 4.69) is 74.6 Å². The van der Waals surface area contributed by atoms with Gasteiger partial charge in [0.25, 0.3) is 0 Å². The average molecular weight is 837 g/mol. The number of quaternary nitrogens is 1. The molecule has 1 unspecified atom stereocenters. The molecule has 0 spiro atoms. The van der Waals surface area contributed by atoms with Gasteiger partial charge in [-0.1, -0.05) is 171 Å². The van der Waals surface area contributed by atoms with Gasteiger partial charge in [0.2, 0.25) is 0 Å². The second kappa shape index (κ2) is 40.1. The summed E-state index contributed by atoms with van der Waals surface area (Å²) in [4.78, 5) is 35.4. The first kappa shape index (κ1) is 55.7. The number of allylic oxidation sites excluding steroid dienone is 10. The zero-order valence-electron chi connectivity index (χ0n) is 37.8. The predicted molar refractivity (Wildman–Crippen MR) is 243 cm³/mol. The van der Waals surface area contributed by atoms with Crippen LogP contribution in [0.3, 0.4) is 0 Å². The van der Waals surface area contributed by atoms with Crippen LogP contribution in [0.15, 0.2) is 60.8 Å². The van der Waals surface area contributed by atoms with Crippen molar-refractivity contribution in [3.63, 3.8) is 0 Å². The number of likely N-dealkylation sites (N-methyl/N-ethyl adjacent to an activating group) is 1. The molecule has 0 saturated heterocycles. The summed E-state index contributed by atoms with van der Waals surface area (Å²) >= 11 is 0. The van der Waals surface area contributed by atoms with Crippen LogP contribution in [0, 0.1) is 0 Å². The summed E-state index contributed by atoms with van der Waals surface area (Å²) in [6, 6.07) is 0. The van der Waals surface area contributed by atoms with Crippen molar-refractivity contribution in [2.75, 3.05) is 47.5 Å². The molecule has 0 saturated carbocycles. The van der Waals surface area contributed by atoms with Crippen LogP contribution in [-0.4, -0.2) is 74.9 Å². The molecule has 0 aliphatic carbocycles.